The van der Waals surface area contributed by atoms with Gasteiger partial charge < -0.3 is 4.74 Å². The maximum Gasteiger partial charge on any atom is 0.0576 e. The van der Waals surface area contributed by atoms with Crippen molar-refractivity contribution in [2.45, 2.75) is 50.7 Å². The molecule has 0 N–H and O–H groups in total. The zero-order chi connectivity index (χ0) is 10.5. The van der Waals surface area contributed by atoms with Crippen molar-refractivity contribution in [2.24, 2.45) is 0 Å². The van der Waals surface area contributed by atoms with E-state index in [1.54, 1.807) is 0 Å². The number of nitrogens with zero attached hydrogens (tertiary/aromatic N) is 1. The number of hydrogen-bond acceptors (Lipinski definition) is 2. The number of hydrogen-bond donors (Lipinski definition) is 0. The first-order chi connectivity index (χ1) is 7.40. The summed E-state index contributed by atoms with van der Waals surface area (Å²) in [5.41, 5.74) is 0. The summed E-state index contributed by atoms with van der Waals surface area (Å²) in [4.78, 5) is 2.64. The van der Waals surface area contributed by atoms with Gasteiger partial charge in [0.1, 0.15) is 0 Å². The summed E-state index contributed by atoms with van der Waals surface area (Å²) in [5.74, 6) is 0. The summed E-state index contributed by atoms with van der Waals surface area (Å²) in [6.45, 7) is 3.58. The highest BCUT2D eigenvalue weighted by atomic mass is 79.9. The molecule has 0 radical (unpaired) electrons. The van der Waals surface area contributed by atoms with Gasteiger partial charge in [0.2, 0.25) is 0 Å². The number of alkyl halides is 1. The molecule has 2 aliphatic rings. The Morgan fingerprint density at radius 2 is 2.20 bits per heavy atom. The van der Waals surface area contributed by atoms with Gasteiger partial charge in [0.15, 0.2) is 0 Å². The summed E-state index contributed by atoms with van der Waals surface area (Å²) in [5, 5.41) is 1.15. The Bertz CT molecular complexity index is 182. The van der Waals surface area contributed by atoms with Crippen molar-refractivity contribution in [3.8, 4) is 0 Å². The fourth-order valence-electron chi connectivity index (χ4n) is 2.76. The van der Waals surface area contributed by atoms with E-state index in [1.807, 2.05) is 0 Å². The Kier molecular flexibility index (Phi) is 4.92. The van der Waals surface area contributed by atoms with Gasteiger partial charge in [-0.3, -0.25) is 4.90 Å². The Labute approximate surface area is 101 Å². The Balaban J connectivity index is 1.60. The molecule has 15 heavy (non-hydrogen) atoms. The first kappa shape index (κ1) is 11.9. The number of likely N-dealkylation sites (tertiary alicyclic amines) is 1. The van der Waals surface area contributed by atoms with Crippen LogP contribution >= 0.6 is 15.9 Å². The third kappa shape index (κ3) is 3.43. The molecule has 2 fully saturated rings. The van der Waals surface area contributed by atoms with E-state index in [0.717, 1.165) is 18.0 Å². The van der Waals surface area contributed by atoms with Gasteiger partial charge in [-0.2, -0.15) is 0 Å². The van der Waals surface area contributed by atoms with Crippen molar-refractivity contribution < 1.29 is 4.74 Å². The molecule has 2 saturated heterocycles. The third-order valence-corrected chi connectivity index (χ3v) is 4.42. The molecule has 2 nitrogen and oxygen atoms in total. The van der Waals surface area contributed by atoms with Crippen molar-refractivity contribution in [1.82, 2.24) is 4.90 Å². The fraction of sp³-hybridized carbons (Fsp3) is 1.00. The number of ether oxygens (including phenoxy) is 1. The second-order valence-corrected chi connectivity index (χ2v) is 5.41. The van der Waals surface area contributed by atoms with Gasteiger partial charge in [-0.1, -0.05) is 15.9 Å². The van der Waals surface area contributed by atoms with Crippen molar-refractivity contribution in [2.75, 3.05) is 25.0 Å². The van der Waals surface area contributed by atoms with Crippen LogP contribution in [0.15, 0.2) is 0 Å². The minimum atomic E-state index is 0.579. The molecule has 0 saturated carbocycles. The largest absolute Gasteiger partial charge is 0.378 e. The Morgan fingerprint density at radius 1 is 1.27 bits per heavy atom. The molecule has 2 unspecified atom stereocenters. The van der Waals surface area contributed by atoms with E-state index in [2.05, 4.69) is 20.8 Å². The Morgan fingerprint density at radius 3 is 2.93 bits per heavy atom. The average molecular weight is 276 g/mol. The molecular weight excluding hydrogens is 254 g/mol. The molecule has 0 aromatic heterocycles. The standard InChI is InChI=1S/C12H22BrNO/c13-10-11-4-1-7-14(11)8-2-5-12-6-3-9-15-12/h11-12H,1-10H2. The van der Waals surface area contributed by atoms with Crippen LogP contribution < -0.4 is 0 Å². The minimum absolute atomic E-state index is 0.579. The van der Waals surface area contributed by atoms with E-state index in [9.17, 15) is 0 Å². The van der Waals surface area contributed by atoms with Crippen LogP contribution in [0.25, 0.3) is 0 Å². The average Bonchev–Trinajstić information content (AvgIpc) is 2.88. The van der Waals surface area contributed by atoms with Gasteiger partial charge >= 0.3 is 0 Å². The lowest BCUT2D eigenvalue weighted by Crippen LogP contribution is -2.31. The Hall–Kier alpha value is 0.400. The monoisotopic (exact) mass is 275 g/mol. The van der Waals surface area contributed by atoms with Crippen LogP contribution in [0.3, 0.4) is 0 Å². The van der Waals surface area contributed by atoms with E-state index in [1.165, 1.54) is 51.6 Å². The summed E-state index contributed by atoms with van der Waals surface area (Å²) in [6, 6.07) is 0.800. The zero-order valence-corrected chi connectivity index (χ0v) is 11.0. The lowest BCUT2D eigenvalue weighted by atomic mass is 10.1. The van der Waals surface area contributed by atoms with Crippen LogP contribution in [-0.2, 0) is 4.74 Å². The third-order valence-electron chi connectivity index (χ3n) is 3.67. The topological polar surface area (TPSA) is 12.5 Å². The lowest BCUT2D eigenvalue weighted by Gasteiger charge is -2.23. The normalized spacial score (nSPS) is 32.6. The first-order valence-electron chi connectivity index (χ1n) is 6.32. The molecule has 0 spiro atoms. The lowest BCUT2D eigenvalue weighted by molar-refractivity contribution is 0.0985. The predicted octanol–water partition coefficient (Wildman–Crippen LogP) is 2.80. The van der Waals surface area contributed by atoms with E-state index in [0.29, 0.717) is 6.10 Å². The molecule has 88 valence electrons. The van der Waals surface area contributed by atoms with Gasteiger partial charge in [0.25, 0.3) is 0 Å². The molecule has 2 aliphatic heterocycles. The maximum absolute atomic E-state index is 5.64. The fourth-order valence-corrected chi connectivity index (χ4v) is 3.49. The van der Waals surface area contributed by atoms with Crippen LogP contribution in [0.4, 0.5) is 0 Å². The predicted molar refractivity (Wildman–Crippen MR) is 66.6 cm³/mol. The quantitative estimate of drug-likeness (QED) is 0.716. The number of halogens is 1. The second-order valence-electron chi connectivity index (χ2n) is 4.76. The highest BCUT2D eigenvalue weighted by Crippen LogP contribution is 2.21. The van der Waals surface area contributed by atoms with Crippen molar-refractivity contribution >= 4 is 15.9 Å². The molecule has 2 atom stereocenters. The highest BCUT2D eigenvalue weighted by Gasteiger charge is 2.23. The second kappa shape index (κ2) is 6.21. The highest BCUT2D eigenvalue weighted by molar-refractivity contribution is 9.09. The van der Waals surface area contributed by atoms with Crippen LogP contribution in [0, 0.1) is 0 Å². The molecule has 0 bridgehead atoms. The zero-order valence-electron chi connectivity index (χ0n) is 9.46. The molecule has 0 aliphatic carbocycles. The molecule has 0 amide bonds. The summed E-state index contributed by atoms with van der Waals surface area (Å²) in [6.07, 6.45) is 8.50. The van der Waals surface area contributed by atoms with Gasteiger partial charge in [0, 0.05) is 18.0 Å². The van der Waals surface area contributed by atoms with Gasteiger partial charge in [-0.05, 0) is 51.6 Å². The van der Waals surface area contributed by atoms with Gasteiger partial charge in [-0.25, -0.2) is 0 Å². The van der Waals surface area contributed by atoms with Gasteiger partial charge in [-0.15, -0.1) is 0 Å². The summed E-state index contributed by atoms with van der Waals surface area (Å²) >= 11 is 3.61. The molecule has 2 rings (SSSR count). The van der Waals surface area contributed by atoms with Crippen molar-refractivity contribution in [3.63, 3.8) is 0 Å². The van der Waals surface area contributed by atoms with Crippen molar-refractivity contribution in [3.05, 3.63) is 0 Å². The molecule has 2 heterocycles. The van der Waals surface area contributed by atoms with E-state index < -0.39 is 0 Å². The van der Waals surface area contributed by atoms with E-state index >= 15 is 0 Å². The van der Waals surface area contributed by atoms with Gasteiger partial charge in [0.05, 0.1) is 6.10 Å². The molecule has 0 aromatic rings. The minimum Gasteiger partial charge on any atom is -0.378 e. The van der Waals surface area contributed by atoms with Crippen LogP contribution in [-0.4, -0.2) is 42.1 Å². The maximum atomic E-state index is 5.64. The number of rotatable bonds is 5. The van der Waals surface area contributed by atoms with E-state index in [4.69, 9.17) is 4.74 Å². The molecule has 3 heteroatoms. The van der Waals surface area contributed by atoms with Crippen LogP contribution in [0.5, 0.6) is 0 Å². The van der Waals surface area contributed by atoms with Crippen molar-refractivity contribution in [1.29, 1.82) is 0 Å². The smallest absolute Gasteiger partial charge is 0.0576 e. The van der Waals surface area contributed by atoms with Crippen LogP contribution in [0.2, 0.25) is 0 Å². The molecular formula is C12H22BrNO. The summed E-state index contributed by atoms with van der Waals surface area (Å²) in [7, 11) is 0. The SMILES string of the molecule is BrCC1CCCN1CCCC1CCCO1. The van der Waals surface area contributed by atoms with E-state index in [-0.39, 0.29) is 0 Å². The summed E-state index contributed by atoms with van der Waals surface area (Å²) < 4.78 is 5.64. The molecule has 0 aromatic carbocycles. The first-order valence-corrected chi connectivity index (χ1v) is 7.44. The van der Waals surface area contributed by atoms with Crippen LogP contribution in [0.1, 0.15) is 38.5 Å².